The molecule has 26 heavy (non-hydrogen) atoms. The van der Waals surface area contributed by atoms with Crippen molar-refractivity contribution in [2.45, 2.75) is 44.6 Å². The van der Waals surface area contributed by atoms with Crippen LogP contribution in [-0.2, 0) is 10.0 Å². The van der Waals surface area contributed by atoms with Gasteiger partial charge < -0.3 is 10.2 Å². The van der Waals surface area contributed by atoms with Gasteiger partial charge in [0.05, 0.1) is 4.90 Å². The minimum atomic E-state index is -3.51. The fourth-order valence-electron chi connectivity index (χ4n) is 3.08. The molecule has 1 heterocycles. The highest BCUT2D eigenvalue weighted by Gasteiger charge is 2.26. The van der Waals surface area contributed by atoms with Crippen LogP contribution in [0.2, 0.25) is 0 Å². The monoisotopic (exact) mass is 403 g/mol. The molecule has 0 aliphatic carbocycles. The summed E-state index contributed by atoms with van der Waals surface area (Å²) in [5.41, 5.74) is 0.533. The number of piperazine rings is 1. The number of carbonyl (C=O) groups is 1. The van der Waals surface area contributed by atoms with Gasteiger partial charge in [-0.3, -0.25) is 4.79 Å². The molecule has 1 saturated heterocycles. The molecule has 1 aliphatic rings. The average Bonchev–Trinajstić information content (AvgIpc) is 2.61. The van der Waals surface area contributed by atoms with E-state index in [0.29, 0.717) is 25.2 Å². The van der Waals surface area contributed by atoms with Crippen molar-refractivity contribution in [3.63, 3.8) is 0 Å². The van der Waals surface area contributed by atoms with Gasteiger partial charge in [0.1, 0.15) is 0 Å². The van der Waals surface area contributed by atoms with Crippen LogP contribution in [0, 0.1) is 0 Å². The van der Waals surface area contributed by atoms with E-state index in [-0.39, 0.29) is 29.3 Å². The van der Waals surface area contributed by atoms with Crippen LogP contribution in [0.5, 0.6) is 0 Å². The summed E-state index contributed by atoms with van der Waals surface area (Å²) in [5.74, 6) is -0.0445. The van der Waals surface area contributed by atoms with Crippen molar-refractivity contribution >= 4 is 28.3 Å². The highest BCUT2D eigenvalue weighted by atomic mass is 35.5. The van der Waals surface area contributed by atoms with E-state index in [9.17, 15) is 13.2 Å². The van der Waals surface area contributed by atoms with Crippen molar-refractivity contribution in [3.8, 4) is 0 Å². The van der Waals surface area contributed by atoms with Crippen molar-refractivity contribution in [1.29, 1.82) is 0 Å². The van der Waals surface area contributed by atoms with E-state index in [1.54, 1.807) is 24.3 Å². The quantitative estimate of drug-likeness (QED) is 0.758. The molecule has 1 N–H and O–H groups in total. The summed E-state index contributed by atoms with van der Waals surface area (Å²) in [5, 5.41) is 3.26. The molecule has 1 aromatic carbocycles. The molecule has 1 aromatic rings. The molecule has 0 saturated carbocycles. The lowest BCUT2D eigenvalue weighted by Gasteiger charge is -2.34. The number of sulfonamides is 1. The van der Waals surface area contributed by atoms with Crippen LogP contribution in [0.15, 0.2) is 29.2 Å². The molecule has 8 heteroatoms. The minimum Gasteiger partial charge on any atom is -0.333 e. The lowest BCUT2D eigenvalue weighted by molar-refractivity contribution is 0.0655. The Labute approximate surface area is 163 Å². The Kier molecular flexibility index (Phi) is 9.03. The normalized spacial score (nSPS) is 17.8. The van der Waals surface area contributed by atoms with Crippen LogP contribution in [0.3, 0.4) is 0 Å². The van der Waals surface area contributed by atoms with Gasteiger partial charge >= 0.3 is 0 Å². The molecule has 2 rings (SSSR count). The summed E-state index contributed by atoms with van der Waals surface area (Å²) in [7, 11) is -3.51. The summed E-state index contributed by atoms with van der Waals surface area (Å²) in [6, 6.07) is 6.48. The highest BCUT2D eigenvalue weighted by molar-refractivity contribution is 7.89. The predicted octanol–water partition coefficient (Wildman–Crippen LogP) is 2.35. The van der Waals surface area contributed by atoms with E-state index < -0.39 is 10.0 Å². The summed E-state index contributed by atoms with van der Waals surface area (Å²) in [6.07, 6.45) is 1.55. The van der Waals surface area contributed by atoms with Gasteiger partial charge in [-0.25, -0.2) is 8.42 Å². The average molecular weight is 404 g/mol. The summed E-state index contributed by atoms with van der Waals surface area (Å²) in [6.45, 7) is 9.19. The van der Waals surface area contributed by atoms with E-state index in [0.717, 1.165) is 25.9 Å². The molecule has 1 amide bonds. The Hall–Kier alpha value is -1.15. The lowest BCUT2D eigenvalue weighted by atomic mass is 10.1. The maximum absolute atomic E-state index is 12.8. The van der Waals surface area contributed by atoms with Gasteiger partial charge in [-0.2, -0.15) is 4.31 Å². The Bertz CT molecular complexity index is 673. The topological polar surface area (TPSA) is 69.7 Å². The van der Waals surface area contributed by atoms with Crippen molar-refractivity contribution in [2.75, 3.05) is 32.7 Å². The highest BCUT2D eigenvalue weighted by Crippen LogP contribution is 2.19. The molecule has 0 bridgehead atoms. The number of carbonyl (C=O) groups excluding carboxylic acids is 1. The largest absolute Gasteiger partial charge is 0.333 e. The summed E-state index contributed by atoms with van der Waals surface area (Å²) in [4.78, 5) is 14.7. The van der Waals surface area contributed by atoms with E-state index in [1.165, 1.54) is 4.31 Å². The first-order valence-electron chi connectivity index (χ1n) is 9.03. The standard InChI is InChI=1S/C18H29N3O3S.ClH/c1-4-11-20(12-5-2)25(23,24)17-8-6-16(7-9-17)18(22)21-13-10-19-14-15(21)3;/h6-9,15,19H,4-5,10-14H2,1-3H3;1H/t15-;/m1./s1. The number of halogens is 1. The third-order valence-electron chi connectivity index (χ3n) is 4.45. The number of hydrogen-bond donors (Lipinski definition) is 1. The zero-order valence-corrected chi connectivity index (χ0v) is 17.4. The van der Waals surface area contributed by atoms with E-state index in [4.69, 9.17) is 0 Å². The number of hydrogen-bond acceptors (Lipinski definition) is 4. The van der Waals surface area contributed by atoms with Crippen LogP contribution < -0.4 is 5.32 Å². The van der Waals surface area contributed by atoms with Gasteiger partial charge in [-0.1, -0.05) is 13.8 Å². The molecule has 1 aliphatic heterocycles. The van der Waals surface area contributed by atoms with Crippen LogP contribution in [-0.4, -0.2) is 62.3 Å². The second-order valence-corrected chi connectivity index (χ2v) is 8.42. The molecule has 1 fully saturated rings. The Morgan fingerprint density at radius 1 is 1.19 bits per heavy atom. The number of benzene rings is 1. The minimum absolute atomic E-state index is 0. The number of amides is 1. The summed E-state index contributed by atoms with van der Waals surface area (Å²) >= 11 is 0. The molecule has 0 spiro atoms. The first-order chi connectivity index (χ1) is 11.9. The van der Waals surface area contributed by atoms with Crippen molar-refractivity contribution < 1.29 is 13.2 Å². The van der Waals surface area contributed by atoms with Crippen LogP contribution in [0.25, 0.3) is 0 Å². The molecular weight excluding hydrogens is 374 g/mol. The maximum atomic E-state index is 12.8. The van der Waals surface area contributed by atoms with Crippen molar-refractivity contribution in [3.05, 3.63) is 29.8 Å². The van der Waals surface area contributed by atoms with Crippen molar-refractivity contribution in [2.24, 2.45) is 0 Å². The molecule has 0 unspecified atom stereocenters. The molecule has 0 aromatic heterocycles. The predicted molar refractivity (Wildman–Crippen MR) is 106 cm³/mol. The molecule has 148 valence electrons. The van der Waals surface area contributed by atoms with Crippen LogP contribution in [0.4, 0.5) is 0 Å². The Balaban J connectivity index is 0.00000338. The van der Waals surface area contributed by atoms with Crippen LogP contribution >= 0.6 is 12.4 Å². The zero-order valence-electron chi connectivity index (χ0n) is 15.8. The SMILES string of the molecule is CCCN(CCC)S(=O)(=O)c1ccc(C(=O)N2CCNC[C@H]2C)cc1.Cl. The smallest absolute Gasteiger partial charge is 0.254 e. The van der Waals surface area contributed by atoms with Gasteiger partial charge in [-0.05, 0) is 44.0 Å². The number of nitrogens with zero attached hydrogens (tertiary/aromatic N) is 2. The van der Waals surface area contributed by atoms with Gasteiger partial charge in [0.25, 0.3) is 5.91 Å². The zero-order chi connectivity index (χ0) is 18.4. The molecule has 6 nitrogen and oxygen atoms in total. The second-order valence-electron chi connectivity index (χ2n) is 6.48. The second kappa shape index (κ2) is 10.3. The van der Waals surface area contributed by atoms with E-state index in [1.807, 2.05) is 25.7 Å². The molecule has 0 radical (unpaired) electrons. The van der Waals surface area contributed by atoms with Gasteiger partial charge in [0.15, 0.2) is 0 Å². The number of nitrogens with one attached hydrogen (secondary N) is 1. The molecular formula is C18H30ClN3O3S. The van der Waals surface area contributed by atoms with Crippen LogP contribution in [0.1, 0.15) is 44.0 Å². The Morgan fingerprint density at radius 2 is 1.77 bits per heavy atom. The van der Waals surface area contributed by atoms with Gasteiger partial charge in [0, 0.05) is 44.3 Å². The van der Waals surface area contributed by atoms with E-state index in [2.05, 4.69) is 5.32 Å². The van der Waals surface area contributed by atoms with E-state index >= 15 is 0 Å². The lowest BCUT2D eigenvalue weighted by Crippen LogP contribution is -2.52. The molecule has 1 atom stereocenters. The van der Waals surface area contributed by atoms with Gasteiger partial charge in [-0.15, -0.1) is 12.4 Å². The fourth-order valence-corrected chi connectivity index (χ4v) is 4.70. The summed E-state index contributed by atoms with van der Waals surface area (Å²) < 4.78 is 27.1. The number of rotatable bonds is 7. The van der Waals surface area contributed by atoms with Gasteiger partial charge in [0.2, 0.25) is 10.0 Å². The fraction of sp³-hybridized carbons (Fsp3) is 0.611. The third kappa shape index (κ3) is 5.19. The first kappa shape index (κ1) is 22.9. The first-order valence-corrected chi connectivity index (χ1v) is 10.5. The third-order valence-corrected chi connectivity index (χ3v) is 6.36. The van der Waals surface area contributed by atoms with Crippen molar-refractivity contribution in [1.82, 2.24) is 14.5 Å². The Morgan fingerprint density at radius 3 is 2.27 bits per heavy atom. The maximum Gasteiger partial charge on any atom is 0.254 e.